The van der Waals surface area contributed by atoms with Crippen LogP contribution in [0.3, 0.4) is 0 Å². The summed E-state index contributed by atoms with van der Waals surface area (Å²) >= 11 is 6.15. The van der Waals surface area contributed by atoms with Crippen LogP contribution in [0.15, 0.2) is 18.6 Å². The molecule has 0 radical (unpaired) electrons. The Balaban J connectivity index is 2.29. The summed E-state index contributed by atoms with van der Waals surface area (Å²) in [6.07, 6.45) is 4.91. The highest BCUT2D eigenvalue weighted by Crippen LogP contribution is 2.25. The summed E-state index contributed by atoms with van der Waals surface area (Å²) in [6, 6.07) is -0.458. The quantitative estimate of drug-likeness (QED) is 0.894. The van der Waals surface area contributed by atoms with Gasteiger partial charge in [-0.25, -0.2) is 0 Å². The summed E-state index contributed by atoms with van der Waals surface area (Å²) in [7, 11) is 1.64. The van der Waals surface area contributed by atoms with Crippen molar-refractivity contribution in [2.75, 3.05) is 13.7 Å². The van der Waals surface area contributed by atoms with E-state index in [4.69, 9.17) is 22.1 Å². The molecular formula is C12H16ClN5O. The summed E-state index contributed by atoms with van der Waals surface area (Å²) in [5.41, 5.74) is 8.42. The third-order valence-corrected chi connectivity index (χ3v) is 3.05. The lowest BCUT2D eigenvalue weighted by atomic mass is 10.1. The second-order valence-electron chi connectivity index (χ2n) is 4.15. The number of ether oxygens (including phenoxy) is 1. The summed E-state index contributed by atoms with van der Waals surface area (Å²) < 4.78 is 6.77. The van der Waals surface area contributed by atoms with Crippen LogP contribution in [0.25, 0.3) is 0 Å². The van der Waals surface area contributed by atoms with Gasteiger partial charge in [-0.05, 0) is 6.92 Å². The minimum Gasteiger partial charge on any atom is -0.383 e. The number of methoxy groups -OCH3 is 1. The second-order valence-corrected chi connectivity index (χ2v) is 4.56. The number of rotatable bonds is 5. The molecule has 0 saturated carbocycles. The standard InChI is InChI=1S/C12H16ClN5O/c1-8-5-16-10(7-15-8)11(14)12-9(13)6-17-18(12)3-4-19-2/h5-7,11H,3-4,14H2,1-2H3. The van der Waals surface area contributed by atoms with E-state index in [9.17, 15) is 0 Å². The molecular weight excluding hydrogens is 266 g/mol. The Hall–Kier alpha value is -1.50. The molecule has 6 nitrogen and oxygen atoms in total. The summed E-state index contributed by atoms with van der Waals surface area (Å²) in [6.45, 7) is 3.00. The largest absolute Gasteiger partial charge is 0.383 e. The van der Waals surface area contributed by atoms with E-state index in [-0.39, 0.29) is 0 Å². The molecule has 0 aromatic carbocycles. The molecule has 2 aromatic rings. The van der Waals surface area contributed by atoms with Crippen molar-refractivity contribution in [2.45, 2.75) is 19.5 Å². The third kappa shape index (κ3) is 3.09. The van der Waals surface area contributed by atoms with E-state index in [1.54, 1.807) is 30.4 Å². The molecule has 0 spiro atoms. The first-order valence-corrected chi connectivity index (χ1v) is 6.25. The van der Waals surface area contributed by atoms with E-state index in [0.29, 0.717) is 23.9 Å². The van der Waals surface area contributed by atoms with Crippen LogP contribution in [-0.2, 0) is 11.3 Å². The molecule has 2 aromatic heterocycles. The molecule has 2 N–H and O–H groups in total. The first kappa shape index (κ1) is 13.9. The molecule has 102 valence electrons. The van der Waals surface area contributed by atoms with Crippen molar-refractivity contribution in [1.82, 2.24) is 19.7 Å². The van der Waals surface area contributed by atoms with Crippen LogP contribution in [-0.4, -0.2) is 33.5 Å². The van der Waals surface area contributed by atoms with E-state index < -0.39 is 6.04 Å². The van der Waals surface area contributed by atoms with Crippen LogP contribution in [0, 0.1) is 6.92 Å². The van der Waals surface area contributed by atoms with Crippen molar-refractivity contribution in [3.63, 3.8) is 0 Å². The number of nitrogens with zero attached hydrogens (tertiary/aromatic N) is 4. The third-order valence-electron chi connectivity index (χ3n) is 2.75. The maximum Gasteiger partial charge on any atom is 0.0927 e. The van der Waals surface area contributed by atoms with Gasteiger partial charge in [0.25, 0.3) is 0 Å². The minimum absolute atomic E-state index is 0.458. The summed E-state index contributed by atoms with van der Waals surface area (Å²) in [4.78, 5) is 8.47. The van der Waals surface area contributed by atoms with E-state index in [1.807, 2.05) is 6.92 Å². The molecule has 0 amide bonds. The van der Waals surface area contributed by atoms with E-state index in [2.05, 4.69) is 15.1 Å². The fourth-order valence-corrected chi connectivity index (χ4v) is 2.00. The van der Waals surface area contributed by atoms with Crippen molar-refractivity contribution in [3.05, 3.63) is 40.7 Å². The molecule has 0 bridgehead atoms. The van der Waals surface area contributed by atoms with Crippen molar-refractivity contribution < 1.29 is 4.74 Å². The van der Waals surface area contributed by atoms with Crippen LogP contribution in [0.5, 0.6) is 0 Å². The molecule has 0 aliphatic heterocycles. The second kappa shape index (κ2) is 6.10. The molecule has 7 heteroatoms. The van der Waals surface area contributed by atoms with Gasteiger partial charge in [0, 0.05) is 13.3 Å². The Morgan fingerprint density at radius 3 is 2.79 bits per heavy atom. The van der Waals surface area contributed by atoms with Gasteiger partial charge in [-0.1, -0.05) is 11.6 Å². The average molecular weight is 282 g/mol. The number of nitrogens with two attached hydrogens (primary N) is 1. The highest BCUT2D eigenvalue weighted by molar-refractivity contribution is 6.31. The lowest BCUT2D eigenvalue weighted by Crippen LogP contribution is -2.20. The normalized spacial score (nSPS) is 12.6. The fourth-order valence-electron chi connectivity index (χ4n) is 1.74. The maximum atomic E-state index is 6.20. The molecule has 1 atom stereocenters. The Labute approximate surface area is 116 Å². The van der Waals surface area contributed by atoms with Gasteiger partial charge in [0.1, 0.15) is 0 Å². The predicted molar refractivity (Wildman–Crippen MR) is 71.9 cm³/mol. The fraction of sp³-hybridized carbons (Fsp3) is 0.417. The highest BCUT2D eigenvalue weighted by Gasteiger charge is 2.19. The number of halogens is 1. The lowest BCUT2D eigenvalue weighted by Gasteiger charge is -2.14. The topological polar surface area (TPSA) is 78.9 Å². The molecule has 0 aliphatic carbocycles. The minimum atomic E-state index is -0.458. The van der Waals surface area contributed by atoms with Gasteiger partial charge in [0.05, 0.1) is 53.7 Å². The average Bonchev–Trinajstić information content (AvgIpc) is 2.77. The molecule has 2 heterocycles. The smallest absolute Gasteiger partial charge is 0.0927 e. The molecule has 2 rings (SSSR count). The first-order chi connectivity index (χ1) is 9.13. The Morgan fingerprint density at radius 1 is 1.37 bits per heavy atom. The van der Waals surface area contributed by atoms with Gasteiger partial charge in [-0.15, -0.1) is 0 Å². The van der Waals surface area contributed by atoms with Crippen molar-refractivity contribution in [3.8, 4) is 0 Å². The van der Waals surface area contributed by atoms with Crippen LogP contribution >= 0.6 is 11.6 Å². The Kier molecular flexibility index (Phi) is 4.47. The van der Waals surface area contributed by atoms with Crippen LogP contribution in [0.2, 0.25) is 5.02 Å². The van der Waals surface area contributed by atoms with Gasteiger partial charge in [0.2, 0.25) is 0 Å². The predicted octanol–water partition coefficient (Wildman–Crippen LogP) is 1.33. The van der Waals surface area contributed by atoms with Gasteiger partial charge < -0.3 is 10.5 Å². The van der Waals surface area contributed by atoms with Crippen LogP contribution in [0.1, 0.15) is 23.1 Å². The number of hydrogen-bond donors (Lipinski definition) is 1. The molecule has 1 unspecified atom stereocenters. The van der Waals surface area contributed by atoms with Gasteiger partial charge in [-0.3, -0.25) is 14.6 Å². The summed E-state index contributed by atoms with van der Waals surface area (Å²) in [5, 5.41) is 4.71. The summed E-state index contributed by atoms with van der Waals surface area (Å²) in [5.74, 6) is 0. The highest BCUT2D eigenvalue weighted by atomic mass is 35.5. The Morgan fingerprint density at radius 2 is 2.16 bits per heavy atom. The maximum absolute atomic E-state index is 6.20. The molecule has 0 aliphatic rings. The Bertz CT molecular complexity index is 540. The number of aromatic nitrogens is 4. The van der Waals surface area contributed by atoms with Crippen molar-refractivity contribution in [1.29, 1.82) is 0 Å². The van der Waals surface area contributed by atoms with Gasteiger partial charge >= 0.3 is 0 Å². The van der Waals surface area contributed by atoms with Crippen LogP contribution in [0.4, 0.5) is 0 Å². The number of hydrogen-bond acceptors (Lipinski definition) is 5. The zero-order valence-corrected chi connectivity index (χ0v) is 11.6. The number of aryl methyl sites for hydroxylation is 1. The zero-order chi connectivity index (χ0) is 13.8. The molecule has 0 fully saturated rings. The first-order valence-electron chi connectivity index (χ1n) is 5.87. The van der Waals surface area contributed by atoms with Gasteiger partial charge in [0.15, 0.2) is 0 Å². The van der Waals surface area contributed by atoms with E-state index in [1.165, 1.54) is 0 Å². The molecule has 0 saturated heterocycles. The van der Waals surface area contributed by atoms with Crippen molar-refractivity contribution >= 4 is 11.6 Å². The van der Waals surface area contributed by atoms with Crippen LogP contribution < -0.4 is 5.73 Å². The SMILES string of the molecule is COCCn1ncc(Cl)c1C(N)c1cnc(C)cn1. The zero-order valence-electron chi connectivity index (χ0n) is 10.9. The van der Waals surface area contributed by atoms with E-state index >= 15 is 0 Å². The van der Waals surface area contributed by atoms with Crippen molar-refractivity contribution in [2.24, 2.45) is 5.73 Å². The van der Waals surface area contributed by atoms with E-state index in [0.717, 1.165) is 11.4 Å². The van der Waals surface area contributed by atoms with Gasteiger partial charge in [-0.2, -0.15) is 5.10 Å². The monoisotopic (exact) mass is 281 g/mol. The molecule has 19 heavy (non-hydrogen) atoms. The lowest BCUT2D eigenvalue weighted by molar-refractivity contribution is 0.182.